The Morgan fingerprint density at radius 1 is 1.35 bits per heavy atom. The second kappa shape index (κ2) is 8.77. The molecule has 0 aliphatic carbocycles. The summed E-state index contributed by atoms with van der Waals surface area (Å²) in [7, 11) is -3.93. The number of ether oxygens (including phenoxy) is 2. The standard InChI is InChI=1S/C20H23FN2O7S/c1-20(19(25)22-26,31(2,27)28)7-8-23-10-17(21)16(9-18(23)24)13-3-5-14(6-4-13)30-15-11-29-12-15/h3-6,9-10,15,26H,7-8,11-12H2,1-2H3,(H,22,25). The number of pyridine rings is 1. The SMILES string of the molecule is CC(CCn1cc(F)c(-c2ccc(OC3COC3)cc2)cc1=O)(C(=O)NO)S(C)(=O)=O. The number of benzene rings is 1. The summed E-state index contributed by atoms with van der Waals surface area (Å²) in [6, 6.07) is 7.70. The molecule has 1 fully saturated rings. The summed E-state index contributed by atoms with van der Waals surface area (Å²) in [5, 5.41) is 8.87. The van der Waals surface area contributed by atoms with Gasteiger partial charge in [0.05, 0.1) is 13.2 Å². The molecule has 1 amide bonds. The zero-order valence-corrected chi connectivity index (χ0v) is 17.8. The van der Waals surface area contributed by atoms with Gasteiger partial charge < -0.3 is 14.0 Å². The van der Waals surface area contributed by atoms with Crippen LogP contribution in [0.4, 0.5) is 4.39 Å². The molecule has 1 aromatic heterocycles. The zero-order chi connectivity index (χ0) is 22.8. The molecular formula is C20H23FN2O7S. The van der Waals surface area contributed by atoms with Crippen LogP contribution >= 0.6 is 0 Å². The highest BCUT2D eigenvalue weighted by Gasteiger charge is 2.43. The molecule has 1 aliphatic rings. The van der Waals surface area contributed by atoms with Gasteiger partial charge in [0.2, 0.25) is 0 Å². The maximum absolute atomic E-state index is 14.7. The third-order valence-corrected chi connectivity index (χ3v) is 7.41. The average Bonchev–Trinajstić information content (AvgIpc) is 2.69. The lowest BCUT2D eigenvalue weighted by atomic mass is 10.1. The third-order valence-electron chi connectivity index (χ3n) is 5.38. The lowest BCUT2D eigenvalue weighted by Gasteiger charge is -2.26. The molecule has 0 bridgehead atoms. The minimum Gasteiger partial charge on any atom is -0.486 e. The number of sulfone groups is 1. The van der Waals surface area contributed by atoms with E-state index in [-0.39, 0.29) is 24.6 Å². The maximum Gasteiger partial charge on any atom is 0.264 e. The fourth-order valence-corrected chi connectivity index (χ4v) is 3.89. The van der Waals surface area contributed by atoms with Crippen LogP contribution in [0.3, 0.4) is 0 Å². The van der Waals surface area contributed by atoms with E-state index >= 15 is 0 Å². The van der Waals surface area contributed by atoms with Crippen LogP contribution in [0.1, 0.15) is 13.3 Å². The lowest BCUT2D eigenvalue weighted by molar-refractivity contribution is -0.131. The molecule has 1 atom stereocenters. The molecule has 11 heteroatoms. The van der Waals surface area contributed by atoms with E-state index in [1.165, 1.54) is 5.48 Å². The smallest absolute Gasteiger partial charge is 0.264 e. The van der Waals surface area contributed by atoms with Crippen molar-refractivity contribution in [2.45, 2.75) is 30.7 Å². The van der Waals surface area contributed by atoms with Crippen LogP contribution in [-0.2, 0) is 25.9 Å². The van der Waals surface area contributed by atoms with Gasteiger partial charge in [0.1, 0.15) is 17.7 Å². The molecule has 1 aromatic carbocycles. The third kappa shape index (κ3) is 4.78. The van der Waals surface area contributed by atoms with E-state index in [4.69, 9.17) is 14.7 Å². The molecule has 31 heavy (non-hydrogen) atoms. The zero-order valence-electron chi connectivity index (χ0n) is 17.0. The van der Waals surface area contributed by atoms with Crippen LogP contribution in [0.25, 0.3) is 11.1 Å². The van der Waals surface area contributed by atoms with E-state index in [1.54, 1.807) is 24.3 Å². The van der Waals surface area contributed by atoms with E-state index in [2.05, 4.69) is 0 Å². The number of rotatable bonds is 8. The average molecular weight is 454 g/mol. The normalized spacial score (nSPS) is 16.3. The van der Waals surface area contributed by atoms with Crippen molar-refractivity contribution in [3.8, 4) is 16.9 Å². The molecule has 0 radical (unpaired) electrons. The lowest BCUT2D eigenvalue weighted by Crippen LogP contribution is -2.50. The van der Waals surface area contributed by atoms with Gasteiger partial charge in [0, 0.05) is 30.6 Å². The van der Waals surface area contributed by atoms with Crippen molar-refractivity contribution in [1.29, 1.82) is 0 Å². The summed E-state index contributed by atoms with van der Waals surface area (Å²) in [4.78, 5) is 24.4. The fraction of sp³-hybridized carbons (Fsp3) is 0.400. The van der Waals surface area contributed by atoms with Gasteiger partial charge in [-0.1, -0.05) is 12.1 Å². The van der Waals surface area contributed by atoms with Crippen LogP contribution < -0.4 is 15.8 Å². The predicted molar refractivity (Wildman–Crippen MR) is 109 cm³/mol. The fourth-order valence-electron chi connectivity index (χ4n) is 3.05. The van der Waals surface area contributed by atoms with Crippen LogP contribution in [0, 0.1) is 5.82 Å². The van der Waals surface area contributed by atoms with Gasteiger partial charge in [0.25, 0.3) is 11.5 Å². The molecule has 168 valence electrons. The van der Waals surface area contributed by atoms with E-state index in [9.17, 15) is 22.4 Å². The van der Waals surface area contributed by atoms with Crippen molar-refractivity contribution in [2.24, 2.45) is 0 Å². The molecule has 0 saturated carbocycles. The summed E-state index contributed by atoms with van der Waals surface area (Å²) in [5.41, 5.74) is 1.32. The number of halogens is 1. The Labute approximate surface area is 178 Å². The van der Waals surface area contributed by atoms with E-state index in [0.717, 1.165) is 30.0 Å². The van der Waals surface area contributed by atoms with Crippen molar-refractivity contribution in [2.75, 3.05) is 19.5 Å². The van der Waals surface area contributed by atoms with Crippen LogP contribution in [0.15, 0.2) is 41.3 Å². The minimum absolute atomic E-state index is 0.00273. The summed E-state index contributed by atoms with van der Waals surface area (Å²) < 4.78 is 48.5. The largest absolute Gasteiger partial charge is 0.486 e. The second-order valence-electron chi connectivity index (χ2n) is 7.56. The molecule has 1 saturated heterocycles. The van der Waals surface area contributed by atoms with Gasteiger partial charge in [-0.05, 0) is 31.0 Å². The highest BCUT2D eigenvalue weighted by atomic mass is 32.2. The first-order valence-electron chi connectivity index (χ1n) is 9.44. The predicted octanol–water partition coefficient (Wildman–Crippen LogP) is 1.13. The van der Waals surface area contributed by atoms with Crippen molar-refractivity contribution in [1.82, 2.24) is 10.0 Å². The molecule has 2 heterocycles. The molecular weight excluding hydrogens is 431 g/mol. The summed E-state index contributed by atoms with van der Waals surface area (Å²) in [5.74, 6) is -1.21. The Hall–Kier alpha value is -2.76. The first kappa shape index (κ1) is 22.9. The topological polar surface area (TPSA) is 124 Å². The van der Waals surface area contributed by atoms with Crippen LogP contribution in [0.5, 0.6) is 5.75 Å². The number of hydroxylamine groups is 1. The second-order valence-corrected chi connectivity index (χ2v) is 10.0. The van der Waals surface area contributed by atoms with Crippen LogP contribution in [0.2, 0.25) is 0 Å². The minimum atomic E-state index is -3.93. The van der Waals surface area contributed by atoms with Crippen molar-refractivity contribution in [3.05, 3.63) is 52.7 Å². The van der Waals surface area contributed by atoms with Gasteiger partial charge in [-0.15, -0.1) is 0 Å². The van der Waals surface area contributed by atoms with E-state index in [1.807, 2.05) is 0 Å². The molecule has 3 rings (SSSR count). The Balaban J connectivity index is 1.80. The van der Waals surface area contributed by atoms with Gasteiger partial charge in [0.15, 0.2) is 14.6 Å². The highest BCUT2D eigenvalue weighted by molar-refractivity contribution is 7.92. The Kier molecular flexibility index (Phi) is 6.48. The Morgan fingerprint density at radius 2 is 2.00 bits per heavy atom. The summed E-state index contributed by atoms with van der Waals surface area (Å²) in [6.07, 6.45) is 1.47. The molecule has 2 aromatic rings. The molecule has 9 nitrogen and oxygen atoms in total. The van der Waals surface area contributed by atoms with Gasteiger partial charge >= 0.3 is 0 Å². The number of amides is 1. The number of hydrogen-bond donors (Lipinski definition) is 2. The highest BCUT2D eigenvalue weighted by Crippen LogP contribution is 2.26. The molecule has 0 spiro atoms. The van der Waals surface area contributed by atoms with Crippen LogP contribution in [-0.4, -0.2) is 54.4 Å². The number of carbonyl (C=O) groups is 1. The first-order valence-corrected chi connectivity index (χ1v) is 11.3. The maximum atomic E-state index is 14.7. The first-order chi connectivity index (χ1) is 14.5. The summed E-state index contributed by atoms with van der Waals surface area (Å²) >= 11 is 0. The number of hydrogen-bond acceptors (Lipinski definition) is 7. The Bertz CT molecular complexity index is 1130. The molecule has 1 aliphatic heterocycles. The summed E-state index contributed by atoms with van der Waals surface area (Å²) in [6.45, 7) is 1.92. The Morgan fingerprint density at radius 3 is 2.52 bits per heavy atom. The van der Waals surface area contributed by atoms with Crippen molar-refractivity contribution >= 4 is 15.7 Å². The number of aromatic nitrogens is 1. The number of aryl methyl sites for hydroxylation is 1. The van der Waals surface area contributed by atoms with E-state index < -0.39 is 31.9 Å². The van der Waals surface area contributed by atoms with Crippen molar-refractivity contribution in [3.63, 3.8) is 0 Å². The van der Waals surface area contributed by atoms with Gasteiger partial charge in [-0.3, -0.25) is 14.8 Å². The number of carbonyl (C=O) groups excluding carboxylic acids is 1. The number of nitrogens with zero attached hydrogens (tertiary/aromatic N) is 1. The number of nitrogens with one attached hydrogen (secondary N) is 1. The quantitative estimate of drug-likeness (QED) is 0.453. The monoisotopic (exact) mass is 454 g/mol. The van der Waals surface area contributed by atoms with Gasteiger partial charge in [-0.25, -0.2) is 18.3 Å². The molecule has 2 N–H and O–H groups in total. The molecule has 1 unspecified atom stereocenters. The van der Waals surface area contributed by atoms with E-state index in [0.29, 0.717) is 24.5 Å². The van der Waals surface area contributed by atoms with Crippen molar-refractivity contribution < 1.29 is 32.3 Å². The van der Waals surface area contributed by atoms with Gasteiger partial charge in [-0.2, -0.15) is 0 Å².